The Morgan fingerprint density at radius 3 is 1.86 bits per heavy atom. The molecule has 0 aromatic carbocycles. The van der Waals surface area contributed by atoms with Crippen molar-refractivity contribution in [1.29, 1.82) is 0 Å². The first-order valence-electron chi connectivity index (χ1n) is 6.08. The summed E-state index contributed by atoms with van der Waals surface area (Å²) in [7, 11) is -0.105. The number of hydrogen-bond acceptors (Lipinski definition) is 1. The monoisotopic (exact) mass is 218 g/mol. The van der Waals surface area contributed by atoms with Gasteiger partial charge in [-0.05, 0) is 31.1 Å². The lowest BCUT2D eigenvalue weighted by Gasteiger charge is -2.18. The zero-order chi connectivity index (χ0) is 10.8. The van der Waals surface area contributed by atoms with Crippen LogP contribution < -0.4 is 0 Å². The van der Waals surface area contributed by atoms with Crippen molar-refractivity contribution in [1.82, 2.24) is 0 Å². The molecule has 0 aromatic rings. The first-order chi connectivity index (χ1) is 6.70. The Hall–Kier alpha value is 0.390. The zero-order valence-electron chi connectivity index (χ0n) is 10.4. The molecule has 0 radical (unpaired) electrons. The van der Waals surface area contributed by atoms with Gasteiger partial charge < -0.3 is 4.52 Å². The van der Waals surface area contributed by atoms with E-state index < -0.39 is 0 Å². The van der Waals surface area contributed by atoms with Crippen molar-refractivity contribution in [3.8, 4) is 0 Å². The summed E-state index contributed by atoms with van der Waals surface area (Å²) in [6, 6.07) is 0. The first kappa shape index (κ1) is 14.4. The van der Waals surface area contributed by atoms with Crippen LogP contribution in [-0.4, -0.2) is 18.9 Å². The smallest absolute Gasteiger partial charge is 0.0531 e. The third-order valence-corrected chi connectivity index (χ3v) is 4.26. The molecule has 0 aromatic heterocycles. The van der Waals surface area contributed by atoms with Crippen molar-refractivity contribution in [2.75, 3.05) is 18.9 Å². The standard InChI is InChI=1S/C12H27OP/c1-5-7-9-14(10-8-6-2)13-11-12(3)4/h12H,5-11H2,1-4H3. The average molecular weight is 218 g/mol. The maximum Gasteiger partial charge on any atom is 0.0531 e. The molecule has 0 rings (SSSR count). The van der Waals surface area contributed by atoms with Crippen molar-refractivity contribution in [2.45, 2.75) is 53.4 Å². The Morgan fingerprint density at radius 1 is 1.00 bits per heavy atom. The first-order valence-corrected chi connectivity index (χ1v) is 7.71. The predicted molar refractivity (Wildman–Crippen MR) is 67.3 cm³/mol. The van der Waals surface area contributed by atoms with Crippen LogP contribution in [0.2, 0.25) is 0 Å². The molecule has 86 valence electrons. The van der Waals surface area contributed by atoms with E-state index in [1.54, 1.807) is 0 Å². The van der Waals surface area contributed by atoms with Crippen LogP contribution in [0.4, 0.5) is 0 Å². The zero-order valence-corrected chi connectivity index (χ0v) is 11.3. The molecule has 0 bridgehead atoms. The molecule has 0 unspecified atom stereocenters. The normalized spacial score (nSPS) is 11.6. The minimum Gasteiger partial charge on any atom is -0.359 e. The van der Waals surface area contributed by atoms with Crippen LogP contribution in [0.25, 0.3) is 0 Å². The lowest BCUT2D eigenvalue weighted by atomic mass is 10.2. The summed E-state index contributed by atoms with van der Waals surface area (Å²) >= 11 is 0. The van der Waals surface area contributed by atoms with E-state index in [4.69, 9.17) is 4.52 Å². The van der Waals surface area contributed by atoms with Gasteiger partial charge in [-0.3, -0.25) is 0 Å². The average Bonchev–Trinajstić information content (AvgIpc) is 2.16. The molecule has 0 N–H and O–H groups in total. The third-order valence-electron chi connectivity index (χ3n) is 2.11. The summed E-state index contributed by atoms with van der Waals surface area (Å²) in [5.41, 5.74) is 0. The predicted octanol–water partition coefficient (Wildman–Crippen LogP) is 4.66. The fourth-order valence-electron chi connectivity index (χ4n) is 1.16. The van der Waals surface area contributed by atoms with Gasteiger partial charge in [-0.2, -0.15) is 0 Å². The highest BCUT2D eigenvalue weighted by Gasteiger charge is 2.08. The largest absolute Gasteiger partial charge is 0.359 e. The molecule has 0 saturated heterocycles. The highest BCUT2D eigenvalue weighted by Crippen LogP contribution is 2.39. The quantitative estimate of drug-likeness (QED) is 0.511. The van der Waals surface area contributed by atoms with E-state index in [9.17, 15) is 0 Å². The van der Waals surface area contributed by atoms with Crippen molar-refractivity contribution in [2.24, 2.45) is 5.92 Å². The molecule has 0 aliphatic rings. The van der Waals surface area contributed by atoms with E-state index in [2.05, 4.69) is 27.7 Å². The van der Waals surface area contributed by atoms with Gasteiger partial charge in [-0.1, -0.05) is 40.5 Å². The van der Waals surface area contributed by atoms with Crippen molar-refractivity contribution in [3.05, 3.63) is 0 Å². The number of unbranched alkanes of at least 4 members (excludes halogenated alkanes) is 2. The molecule has 0 aliphatic heterocycles. The molecule has 2 heteroatoms. The van der Waals surface area contributed by atoms with Gasteiger partial charge in [-0.25, -0.2) is 0 Å². The lowest BCUT2D eigenvalue weighted by molar-refractivity contribution is 0.297. The van der Waals surface area contributed by atoms with Gasteiger partial charge in [-0.15, -0.1) is 0 Å². The van der Waals surface area contributed by atoms with E-state index in [0.29, 0.717) is 5.92 Å². The van der Waals surface area contributed by atoms with Crippen LogP contribution in [0.1, 0.15) is 53.4 Å². The molecule has 0 amide bonds. The van der Waals surface area contributed by atoms with Gasteiger partial charge in [0.15, 0.2) is 0 Å². The molecular weight excluding hydrogens is 191 g/mol. The van der Waals surface area contributed by atoms with Crippen LogP contribution in [0.5, 0.6) is 0 Å². The van der Waals surface area contributed by atoms with Crippen LogP contribution in [0.3, 0.4) is 0 Å². The molecule has 0 aliphatic carbocycles. The van der Waals surface area contributed by atoms with Gasteiger partial charge in [0.25, 0.3) is 0 Å². The van der Waals surface area contributed by atoms with E-state index in [0.717, 1.165) is 6.61 Å². The van der Waals surface area contributed by atoms with E-state index in [-0.39, 0.29) is 8.15 Å². The van der Waals surface area contributed by atoms with Gasteiger partial charge in [0.2, 0.25) is 0 Å². The maximum absolute atomic E-state index is 5.97. The molecule has 0 heterocycles. The summed E-state index contributed by atoms with van der Waals surface area (Å²) in [6.07, 6.45) is 7.92. The van der Waals surface area contributed by atoms with E-state index in [1.807, 2.05) is 0 Å². The topological polar surface area (TPSA) is 9.23 Å². The van der Waals surface area contributed by atoms with E-state index in [1.165, 1.54) is 38.0 Å². The second-order valence-corrected chi connectivity index (χ2v) is 6.44. The van der Waals surface area contributed by atoms with Crippen molar-refractivity contribution < 1.29 is 4.52 Å². The van der Waals surface area contributed by atoms with Crippen LogP contribution in [-0.2, 0) is 4.52 Å². The van der Waals surface area contributed by atoms with Gasteiger partial charge in [0.1, 0.15) is 0 Å². The van der Waals surface area contributed by atoms with Crippen molar-refractivity contribution in [3.63, 3.8) is 0 Å². The molecule has 0 saturated carbocycles. The number of hydrogen-bond donors (Lipinski definition) is 0. The SMILES string of the molecule is CCCCP(CCCC)OCC(C)C. The van der Waals surface area contributed by atoms with Crippen LogP contribution in [0.15, 0.2) is 0 Å². The molecule has 1 nitrogen and oxygen atoms in total. The second-order valence-electron chi connectivity index (χ2n) is 4.33. The Kier molecular flexibility index (Phi) is 10.2. The highest BCUT2D eigenvalue weighted by atomic mass is 31.1. The Morgan fingerprint density at radius 2 is 1.50 bits per heavy atom. The fraction of sp³-hybridized carbons (Fsp3) is 1.00. The summed E-state index contributed by atoms with van der Waals surface area (Å²) in [5, 5.41) is 0. The van der Waals surface area contributed by atoms with Gasteiger partial charge >= 0.3 is 0 Å². The minimum atomic E-state index is -0.105. The summed E-state index contributed by atoms with van der Waals surface area (Å²) in [4.78, 5) is 0. The fourth-order valence-corrected chi connectivity index (χ4v) is 3.49. The molecule has 0 atom stereocenters. The molecule has 0 fully saturated rings. The van der Waals surface area contributed by atoms with Crippen molar-refractivity contribution >= 4 is 8.15 Å². The Labute approximate surface area is 91.5 Å². The van der Waals surface area contributed by atoms with Crippen LogP contribution >= 0.6 is 8.15 Å². The summed E-state index contributed by atoms with van der Waals surface area (Å²) in [5.74, 6) is 0.684. The molecule has 14 heavy (non-hydrogen) atoms. The highest BCUT2D eigenvalue weighted by molar-refractivity contribution is 7.52. The number of rotatable bonds is 9. The van der Waals surface area contributed by atoms with Gasteiger partial charge in [0, 0.05) is 8.15 Å². The lowest BCUT2D eigenvalue weighted by Crippen LogP contribution is -2.02. The van der Waals surface area contributed by atoms with E-state index >= 15 is 0 Å². The Balaban J connectivity index is 3.60. The summed E-state index contributed by atoms with van der Waals surface area (Å²) < 4.78 is 5.97. The minimum absolute atomic E-state index is 0.105. The Bertz CT molecular complexity index is 107. The summed E-state index contributed by atoms with van der Waals surface area (Å²) in [6.45, 7) is 9.94. The van der Waals surface area contributed by atoms with Crippen LogP contribution in [0, 0.1) is 5.92 Å². The second kappa shape index (κ2) is 9.93. The van der Waals surface area contributed by atoms with Gasteiger partial charge in [0.05, 0.1) is 6.61 Å². The third kappa shape index (κ3) is 8.97. The molecule has 0 spiro atoms. The maximum atomic E-state index is 5.97. The molecular formula is C12H27OP.